The van der Waals surface area contributed by atoms with Gasteiger partial charge in [-0.3, -0.25) is 9.52 Å². The molecule has 2 rings (SSSR count). The highest BCUT2D eigenvalue weighted by Crippen LogP contribution is 2.19. The number of hydrogen-bond donors (Lipinski definition) is 3. The van der Waals surface area contributed by atoms with Gasteiger partial charge in [0.15, 0.2) is 5.82 Å². The van der Waals surface area contributed by atoms with Crippen LogP contribution in [-0.2, 0) is 10.0 Å². The van der Waals surface area contributed by atoms with Gasteiger partial charge in [-0.25, -0.2) is 13.5 Å². The van der Waals surface area contributed by atoms with Crippen molar-refractivity contribution in [2.75, 3.05) is 10.5 Å². The Morgan fingerprint density at radius 1 is 1.17 bits per heavy atom. The van der Waals surface area contributed by atoms with Crippen molar-refractivity contribution >= 4 is 21.5 Å². The maximum absolute atomic E-state index is 12.0. The zero-order chi connectivity index (χ0) is 13.2. The average Bonchev–Trinajstić information content (AvgIpc) is 2.32. The summed E-state index contributed by atoms with van der Waals surface area (Å²) in [5.41, 5.74) is 5.30. The lowest BCUT2D eigenvalue weighted by molar-refractivity contribution is 0.601. The molecule has 2 aromatic rings. The van der Waals surface area contributed by atoms with E-state index in [0.29, 0.717) is 0 Å². The monoisotopic (exact) mass is 266 g/mol. The van der Waals surface area contributed by atoms with E-state index < -0.39 is 15.6 Å². The van der Waals surface area contributed by atoms with Crippen molar-refractivity contribution in [3.05, 3.63) is 46.8 Å². The number of para-hydroxylation sites is 1. The van der Waals surface area contributed by atoms with Gasteiger partial charge in [-0.1, -0.05) is 12.1 Å². The van der Waals surface area contributed by atoms with Crippen molar-refractivity contribution in [1.82, 2.24) is 10.2 Å². The van der Waals surface area contributed by atoms with Gasteiger partial charge in [-0.15, -0.1) is 0 Å². The SMILES string of the molecule is Nc1ccccc1S(=O)(=O)Nc1ccc(=O)[nH]n1. The van der Waals surface area contributed by atoms with E-state index in [2.05, 4.69) is 14.9 Å². The molecule has 4 N–H and O–H groups in total. The number of hydrogen-bond acceptors (Lipinski definition) is 5. The summed E-state index contributed by atoms with van der Waals surface area (Å²) < 4.78 is 26.2. The minimum atomic E-state index is -3.82. The molecule has 0 aliphatic carbocycles. The van der Waals surface area contributed by atoms with E-state index in [-0.39, 0.29) is 16.4 Å². The van der Waals surface area contributed by atoms with E-state index in [9.17, 15) is 13.2 Å². The highest BCUT2D eigenvalue weighted by Gasteiger charge is 2.17. The van der Waals surface area contributed by atoms with Gasteiger partial charge in [0, 0.05) is 6.07 Å². The first-order valence-corrected chi connectivity index (χ1v) is 6.40. The minimum absolute atomic E-state index is 0.0119. The Morgan fingerprint density at radius 3 is 2.50 bits per heavy atom. The standard InChI is InChI=1S/C10H10N4O3S/c11-7-3-1-2-4-8(7)18(16,17)14-9-5-6-10(15)13-12-9/h1-6H,11H2,(H,12,14)(H,13,15). The second kappa shape index (κ2) is 4.49. The van der Waals surface area contributed by atoms with Crippen LogP contribution >= 0.6 is 0 Å². The summed E-state index contributed by atoms with van der Waals surface area (Å²) in [6.07, 6.45) is 0. The van der Waals surface area contributed by atoms with Crippen LogP contribution in [0.25, 0.3) is 0 Å². The summed E-state index contributed by atoms with van der Waals surface area (Å²) in [4.78, 5) is 10.8. The molecule has 7 nitrogen and oxygen atoms in total. The summed E-state index contributed by atoms with van der Waals surface area (Å²) in [6, 6.07) is 8.48. The fraction of sp³-hybridized carbons (Fsp3) is 0. The van der Waals surface area contributed by atoms with Crippen molar-refractivity contribution in [2.24, 2.45) is 0 Å². The van der Waals surface area contributed by atoms with Crippen LogP contribution < -0.4 is 16.0 Å². The molecule has 94 valence electrons. The summed E-state index contributed by atoms with van der Waals surface area (Å²) in [5, 5.41) is 5.67. The summed E-state index contributed by atoms with van der Waals surface area (Å²) in [6.45, 7) is 0. The summed E-state index contributed by atoms with van der Waals surface area (Å²) >= 11 is 0. The zero-order valence-electron chi connectivity index (χ0n) is 9.12. The van der Waals surface area contributed by atoms with Crippen LogP contribution in [0.4, 0.5) is 11.5 Å². The van der Waals surface area contributed by atoms with E-state index in [1.165, 1.54) is 24.3 Å². The smallest absolute Gasteiger partial charge is 0.265 e. The first-order valence-electron chi connectivity index (χ1n) is 4.92. The van der Waals surface area contributed by atoms with Gasteiger partial charge < -0.3 is 5.73 Å². The highest BCUT2D eigenvalue weighted by molar-refractivity contribution is 7.92. The number of aromatic nitrogens is 2. The number of anilines is 2. The molecule has 0 atom stereocenters. The van der Waals surface area contributed by atoms with Crippen molar-refractivity contribution in [3.63, 3.8) is 0 Å². The number of sulfonamides is 1. The number of rotatable bonds is 3. The molecule has 0 aliphatic heterocycles. The Morgan fingerprint density at radius 2 is 1.89 bits per heavy atom. The van der Waals surface area contributed by atoms with Gasteiger partial charge in [0.2, 0.25) is 0 Å². The van der Waals surface area contributed by atoms with Crippen molar-refractivity contribution < 1.29 is 8.42 Å². The molecule has 0 bridgehead atoms. The van der Waals surface area contributed by atoms with Gasteiger partial charge in [0.1, 0.15) is 4.90 Å². The number of aromatic amines is 1. The Balaban J connectivity index is 2.36. The molecule has 0 radical (unpaired) electrons. The number of nitrogens with two attached hydrogens (primary N) is 1. The van der Waals surface area contributed by atoms with Crippen LogP contribution in [0, 0.1) is 0 Å². The van der Waals surface area contributed by atoms with Crippen LogP contribution in [0.1, 0.15) is 0 Å². The molecule has 0 spiro atoms. The number of nitrogen functional groups attached to an aromatic ring is 1. The maximum Gasteiger partial charge on any atom is 0.265 e. The molecule has 18 heavy (non-hydrogen) atoms. The molecule has 0 fully saturated rings. The fourth-order valence-corrected chi connectivity index (χ4v) is 2.45. The third-order valence-corrected chi connectivity index (χ3v) is 3.56. The van der Waals surface area contributed by atoms with Gasteiger partial charge in [-0.2, -0.15) is 5.10 Å². The molecule has 0 amide bonds. The minimum Gasteiger partial charge on any atom is -0.398 e. The van der Waals surface area contributed by atoms with Crippen LogP contribution in [0.15, 0.2) is 46.1 Å². The fourth-order valence-electron chi connectivity index (χ4n) is 1.32. The van der Waals surface area contributed by atoms with Crippen molar-refractivity contribution in [3.8, 4) is 0 Å². The second-order valence-corrected chi connectivity index (χ2v) is 5.10. The maximum atomic E-state index is 12.0. The Hall–Kier alpha value is -2.35. The molecule has 1 heterocycles. The van der Waals surface area contributed by atoms with Crippen LogP contribution in [0.5, 0.6) is 0 Å². The van der Waals surface area contributed by atoms with Crippen LogP contribution in [0.3, 0.4) is 0 Å². The number of H-pyrrole nitrogens is 1. The Bertz CT molecular complexity index is 703. The molecule has 1 aromatic carbocycles. The summed E-state index contributed by atoms with van der Waals surface area (Å²) in [7, 11) is -3.82. The topological polar surface area (TPSA) is 118 Å². The lowest BCUT2D eigenvalue weighted by Crippen LogP contribution is -2.17. The quantitative estimate of drug-likeness (QED) is 0.683. The molecule has 8 heteroatoms. The lowest BCUT2D eigenvalue weighted by Gasteiger charge is -2.08. The molecule has 0 saturated heterocycles. The lowest BCUT2D eigenvalue weighted by atomic mass is 10.3. The van der Waals surface area contributed by atoms with Crippen LogP contribution in [0.2, 0.25) is 0 Å². The van der Waals surface area contributed by atoms with Crippen molar-refractivity contribution in [1.29, 1.82) is 0 Å². The summed E-state index contributed by atoms with van der Waals surface area (Å²) in [5.74, 6) is 0.0119. The van der Waals surface area contributed by atoms with Crippen molar-refractivity contribution in [2.45, 2.75) is 4.90 Å². The van der Waals surface area contributed by atoms with Gasteiger partial charge in [0.25, 0.3) is 15.6 Å². The molecular weight excluding hydrogens is 256 g/mol. The van der Waals surface area contributed by atoms with E-state index in [1.807, 2.05) is 0 Å². The first-order chi connectivity index (χ1) is 8.49. The molecule has 0 saturated carbocycles. The Labute approximate surface area is 103 Å². The number of nitrogens with zero attached hydrogens (tertiary/aromatic N) is 1. The number of nitrogens with one attached hydrogen (secondary N) is 2. The van der Waals surface area contributed by atoms with E-state index in [0.717, 1.165) is 0 Å². The van der Waals surface area contributed by atoms with E-state index in [1.54, 1.807) is 12.1 Å². The van der Waals surface area contributed by atoms with Crippen LogP contribution in [-0.4, -0.2) is 18.6 Å². The predicted octanol–water partition coefficient (Wildman–Crippen LogP) is 0.153. The second-order valence-electron chi connectivity index (χ2n) is 3.45. The number of benzene rings is 1. The molecule has 0 aliphatic rings. The van der Waals surface area contributed by atoms with Gasteiger partial charge in [0.05, 0.1) is 5.69 Å². The zero-order valence-corrected chi connectivity index (χ0v) is 9.94. The van der Waals surface area contributed by atoms with E-state index >= 15 is 0 Å². The largest absolute Gasteiger partial charge is 0.398 e. The predicted molar refractivity (Wildman–Crippen MR) is 66.5 cm³/mol. The molecular formula is C10H10N4O3S. The Kier molecular flexibility index (Phi) is 3.02. The third-order valence-electron chi connectivity index (χ3n) is 2.13. The average molecular weight is 266 g/mol. The molecule has 0 unspecified atom stereocenters. The highest BCUT2D eigenvalue weighted by atomic mass is 32.2. The normalized spacial score (nSPS) is 11.1. The van der Waals surface area contributed by atoms with Gasteiger partial charge >= 0.3 is 0 Å². The first kappa shape index (κ1) is 12.1. The molecule has 1 aromatic heterocycles. The van der Waals surface area contributed by atoms with Gasteiger partial charge in [-0.05, 0) is 18.2 Å². The third kappa shape index (κ3) is 2.48. The van der Waals surface area contributed by atoms with E-state index in [4.69, 9.17) is 5.73 Å².